The van der Waals surface area contributed by atoms with Gasteiger partial charge in [-0.2, -0.15) is 16.5 Å². The molecule has 6 nitrogen and oxygen atoms in total. The van der Waals surface area contributed by atoms with Crippen LogP contribution in [0.1, 0.15) is 16.1 Å². The summed E-state index contributed by atoms with van der Waals surface area (Å²) < 4.78 is 31.3. The van der Waals surface area contributed by atoms with Crippen molar-refractivity contribution in [2.45, 2.75) is 10.6 Å². The fraction of sp³-hybridized carbons (Fsp3) is 0.235. The van der Waals surface area contributed by atoms with Crippen molar-refractivity contribution >= 4 is 27.7 Å². The van der Waals surface area contributed by atoms with Crippen LogP contribution in [-0.4, -0.2) is 33.2 Å². The van der Waals surface area contributed by atoms with E-state index in [4.69, 9.17) is 10.8 Å². The first-order valence-electron chi connectivity index (χ1n) is 7.44. The second kappa shape index (κ2) is 9.32. The standard InChI is InChI=1S/C17H18N2O4S2/c1-2-9-19-25(21,22)16-7-5-14(6-8-16)17(20)18-10-12-24-13-15-4-3-11-23-15/h1,3-8,11,19H,9-10,12-13H2,(H,18,20). The Morgan fingerprint density at radius 3 is 2.64 bits per heavy atom. The second-order valence-corrected chi connectivity index (χ2v) is 7.81. The van der Waals surface area contributed by atoms with Gasteiger partial charge in [0.25, 0.3) is 5.91 Å². The maximum atomic E-state index is 12.0. The highest BCUT2D eigenvalue weighted by atomic mass is 32.2. The Hall–Kier alpha value is -2.21. The molecule has 0 unspecified atom stereocenters. The fourth-order valence-corrected chi connectivity index (χ4v) is 3.60. The van der Waals surface area contributed by atoms with E-state index >= 15 is 0 Å². The number of hydrogen-bond donors (Lipinski definition) is 2. The number of nitrogens with one attached hydrogen (secondary N) is 2. The van der Waals surface area contributed by atoms with E-state index in [0.29, 0.717) is 12.1 Å². The lowest BCUT2D eigenvalue weighted by molar-refractivity contribution is 0.0956. The summed E-state index contributed by atoms with van der Waals surface area (Å²) in [6.07, 6.45) is 6.66. The van der Waals surface area contributed by atoms with Gasteiger partial charge in [-0.1, -0.05) is 5.92 Å². The van der Waals surface area contributed by atoms with Gasteiger partial charge in [-0.15, -0.1) is 6.42 Å². The Kier molecular flexibility index (Phi) is 7.13. The molecule has 1 heterocycles. The summed E-state index contributed by atoms with van der Waals surface area (Å²) in [4.78, 5) is 12.1. The van der Waals surface area contributed by atoms with E-state index in [1.807, 2.05) is 12.1 Å². The van der Waals surface area contributed by atoms with E-state index in [0.717, 1.165) is 17.3 Å². The summed E-state index contributed by atoms with van der Waals surface area (Å²) in [5, 5.41) is 2.79. The first kappa shape index (κ1) is 19.1. The molecule has 1 aromatic carbocycles. The van der Waals surface area contributed by atoms with Crippen molar-refractivity contribution in [1.29, 1.82) is 0 Å². The number of carbonyl (C=O) groups excluding carboxylic acids is 1. The van der Waals surface area contributed by atoms with Crippen LogP contribution in [0.15, 0.2) is 52.0 Å². The number of sulfonamides is 1. The molecule has 0 aliphatic carbocycles. The number of hydrogen-bond acceptors (Lipinski definition) is 5. The number of amides is 1. The average Bonchev–Trinajstić information content (AvgIpc) is 3.13. The third-order valence-corrected chi connectivity index (χ3v) is 5.55. The molecule has 1 aromatic heterocycles. The van der Waals surface area contributed by atoms with E-state index in [-0.39, 0.29) is 17.3 Å². The van der Waals surface area contributed by atoms with Crippen molar-refractivity contribution in [3.05, 3.63) is 54.0 Å². The van der Waals surface area contributed by atoms with Gasteiger partial charge in [0.15, 0.2) is 0 Å². The lowest BCUT2D eigenvalue weighted by Gasteiger charge is -2.07. The van der Waals surface area contributed by atoms with Crippen LogP contribution in [0.3, 0.4) is 0 Å². The number of benzene rings is 1. The molecule has 132 valence electrons. The molecule has 0 aliphatic heterocycles. The normalized spacial score (nSPS) is 11.0. The highest BCUT2D eigenvalue weighted by Gasteiger charge is 2.13. The molecule has 0 atom stereocenters. The maximum Gasteiger partial charge on any atom is 0.251 e. The molecule has 0 aliphatic rings. The zero-order chi connectivity index (χ0) is 18.1. The van der Waals surface area contributed by atoms with Crippen LogP contribution in [0.2, 0.25) is 0 Å². The maximum absolute atomic E-state index is 12.0. The number of thioether (sulfide) groups is 1. The van der Waals surface area contributed by atoms with Crippen molar-refractivity contribution in [2.24, 2.45) is 0 Å². The van der Waals surface area contributed by atoms with Gasteiger partial charge in [-0.05, 0) is 36.4 Å². The Morgan fingerprint density at radius 2 is 2.00 bits per heavy atom. The highest BCUT2D eigenvalue weighted by molar-refractivity contribution is 7.98. The number of rotatable bonds is 9. The molecular formula is C17H18N2O4S2. The third kappa shape index (κ3) is 5.98. The lowest BCUT2D eigenvalue weighted by atomic mass is 10.2. The van der Waals surface area contributed by atoms with E-state index in [1.54, 1.807) is 18.0 Å². The largest absolute Gasteiger partial charge is 0.468 e. The van der Waals surface area contributed by atoms with Gasteiger partial charge in [0.05, 0.1) is 23.5 Å². The summed E-state index contributed by atoms with van der Waals surface area (Å²) in [5.41, 5.74) is 0.395. The molecule has 0 fully saturated rings. The minimum Gasteiger partial charge on any atom is -0.468 e. The minimum absolute atomic E-state index is 0.0632. The molecule has 0 saturated carbocycles. The smallest absolute Gasteiger partial charge is 0.251 e. The Bertz CT molecular complexity index is 823. The summed E-state index contributed by atoms with van der Waals surface area (Å²) in [7, 11) is -3.65. The average molecular weight is 378 g/mol. The summed E-state index contributed by atoms with van der Waals surface area (Å²) in [5.74, 6) is 4.34. The summed E-state index contributed by atoms with van der Waals surface area (Å²) >= 11 is 1.65. The first-order valence-corrected chi connectivity index (χ1v) is 10.1. The minimum atomic E-state index is -3.65. The van der Waals surface area contributed by atoms with Crippen LogP contribution in [0.4, 0.5) is 0 Å². The fourth-order valence-electron chi connectivity index (χ4n) is 1.91. The molecule has 2 aromatic rings. The van der Waals surface area contributed by atoms with Crippen molar-refractivity contribution in [1.82, 2.24) is 10.0 Å². The zero-order valence-corrected chi connectivity index (χ0v) is 15.0. The van der Waals surface area contributed by atoms with Gasteiger partial charge in [0.1, 0.15) is 5.76 Å². The molecule has 0 spiro atoms. The first-order chi connectivity index (χ1) is 12.0. The van der Waals surface area contributed by atoms with Gasteiger partial charge < -0.3 is 9.73 Å². The monoisotopic (exact) mass is 378 g/mol. The summed E-state index contributed by atoms with van der Waals surface area (Å²) in [6, 6.07) is 9.42. The molecule has 25 heavy (non-hydrogen) atoms. The number of carbonyl (C=O) groups is 1. The predicted octanol–water partition coefficient (Wildman–Crippen LogP) is 1.85. The molecule has 2 rings (SSSR count). The van der Waals surface area contributed by atoms with E-state index < -0.39 is 10.0 Å². The van der Waals surface area contributed by atoms with E-state index in [9.17, 15) is 13.2 Å². The topological polar surface area (TPSA) is 88.4 Å². The summed E-state index contributed by atoms with van der Waals surface area (Å²) in [6.45, 7) is 0.425. The second-order valence-electron chi connectivity index (χ2n) is 4.94. The van der Waals surface area contributed by atoms with E-state index in [2.05, 4.69) is 16.0 Å². The van der Waals surface area contributed by atoms with E-state index in [1.165, 1.54) is 24.3 Å². The quantitative estimate of drug-likeness (QED) is 0.514. The predicted molar refractivity (Wildman–Crippen MR) is 97.7 cm³/mol. The number of furan rings is 1. The Balaban J connectivity index is 1.79. The lowest BCUT2D eigenvalue weighted by Crippen LogP contribution is -2.26. The SMILES string of the molecule is C#CCNS(=O)(=O)c1ccc(C(=O)NCCSCc2ccco2)cc1. The van der Waals surface area contributed by atoms with Crippen LogP contribution < -0.4 is 10.0 Å². The van der Waals surface area contributed by atoms with Gasteiger partial charge in [-0.3, -0.25) is 4.79 Å². The van der Waals surface area contributed by atoms with Gasteiger partial charge in [0, 0.05) is 17.9 Å². The molecular weight excluding hydrogens is 360 g/mol. The molecule has 2 N–H and O–H groups in total. The van der Waals surface area contributed by atoms with Crippen LogP contribution in [-0.2, 0) is 15.8 Å². The van der Waals surface area contributed by atoms with Crippen molar-refractivity contribution in [3.63, 3.8) is 0 Å². The highest BCUT2D eigenvalue weighted by Crippen LogP contribution is 2.12. The van der Waals surface area contributed by atoms with Crippen molar-refractivity contribution < 1.29 is 17.6 Å². The van der Waals surface area contributed by atoms with Crippen LogP contribution in [0.5, 0.6) is 0 Å². The van der Waals surface area contributed by atoms with Gasteiger partial charge in [0.2, 0.25) is 10.0 Å². The van der Waals surface area contributed by atoms with Crippen LogP contribution >= 0.6 is 11.8 Å². The van der Waals surface area contributed by atoms with Crippen molar-refractivity contribution in [2.75, 3.05) is 18.8 Å². The van der Waals surface area contributed by atoms with Gasteiger partial charge >= 0.3 is 0 Å². The van der Waals surface area contributed by atoms with Crippen molar-refractivity contribution in [3.8, 4) is 12.3 Å². The molecule has 1 amide bonds. The molecule has 0 saturated heterocycles. The number of terminal acetylenes is 1. The van der Waals surface area contributed by atoms with Gasteiger partial charge in [-0.25, -0.2) is 8.42 Å². The van der Waals surface area contributed by atoms with Crippen LogP contribution in [0.25, 0.3) is 0 Å². The third-order valence-electron chi connectivity index (χ3n) is 3.15. The molecule has 0 radical (unpaired) electrons. The Labute approximate surface area is 151 Å². The Morgan fingerprint density at radius 1 is 1.24 bits per heavy atom. The van der Waals surface area contributed by atoms with Crippen LogP contribution in [0, 0.1) is 12.3 Å². The molecule has 0 bridgehead atoms. The molecule has 8 heteroatoms. The zero-order valence-electron chi connectivity index (χ0n) is 13.4.